The lowest BCUT2D eigenvalue weighted by molar-refractivity contribution is -0.0234. The van der Waals surface area contributed by atoms with Crippen LogP contribution in [0.25, 0.3) is 0 Å². The summed E-state index contributed by atoms with van der Waals surface area (Å²) in [5.74, 6) is 1.50. The number of fused-ring (bicyclic) bond motifs is 2. The molecule has 6 nitrogen and oxygen atoms in total. The fraction of sp³-hybridized carbons (Fsp3) is 0.250. The van der Waals surface area contributed by atoms with Crippen molar-refractivity contribution >= 4 is 0 Å². The Morgan fingerprint density at radius 3 is 2.50 bits per heavy atom. The minimum Gasteiger partial charge on any atom is -0.508 e. The molecular weight excluding hydrogens is 288 g/mol. The quantitative estimate of drug-likeness (QED) is 0.742. The molecule has 3 N–H and O–H groups in total. The predicted octanol–water partition coefficient (Wildman–Crippen LogP) is 1.65. The fourth-order valence-corrected chi connectivity index (χ4v) is 2.86. The van der Waals surface area contributed by atoms with Crippen LogP contribution in [0.5, 0.6) is 28.7 Å². The standard InChI is InChI=1S/C16H14O6/c17-10-2-1-9-6-16(19,7-20-13(9)3-10)11-4-14-15(5-12(11)18)22-8-21-14/h1-5,17-19H,6-8H2. The summed E-state index contributed by atoms with van der Waals surface area (Å²) in [6.07, 6.45) is 0.260. The van der Waals surface area contributed by atoms with Gasteiger partial charge in [0.2, 0.25) is 6.79 Å². The summed E-state index contributed by atoms with van der Waals surface area (Å²) >= 11 is 0. The van der Waals surface area contributed by atoms with Crippen molar-refractivity contribution in [2.75, 3.05) is 13.4 Å². The average Bonchev–Trinajstić information content (AvgIpc) is 2.94. The summed E-state index contributed by atoms with van der Waals surface area (Å²) in [6, 6.07) is 7.75. The van der Waals surface area contributed by atoms with Crippen molar-refractivity contribution in [3.05, 3.63) is 41.5 Å². The Hall–Kier alpha value is -2.60. The maximum atomic E-state index is 10.9. The van der Waals surface area contributed by atoms with Crippen molar-refractivity contribution in [1.29, 1.82) is 0 Å². The SMILES string of the molecule is Oc1ccc2c(c1)OCC(O)(c1cc3c(cc1O)OCO3)C2. The molecule has 2 aromatic carbocycles. The molecule has 0 aliphatic carbocycles. The third-order valence-electron chi connectivity index (χ3n) is 3.99. The number of aliphatic hydroxyl groups is 1. The van der Waals surface area contributed by atoms with E-state index in [0.29, 0.717) is 22.8 Å². The molecule has 22 heavy (non-hydrogen) atoms. The van der Waals surface area contributed by atoms with Crippen molar-refractivity contribution in [3.8, 4) is 28.7 Å². The van der Waals surface area contributed by atoms with Gasteiger partial charge in [-0.1, -0.05) is 6.07 Å². The molecule has 1 atom stereocenters. The zero-order valence-corrected chi connectivity index (χ0v) is 11.6. The highest BCUT2D eigenvalue weighted by Crippen LogP contribution is 2.45. The summed E-state index contributed by atoms with van der Waals surface area (Å²) in [5, 5.41) is 30.6. The Morgan fingerprint density at radius 1 is 0.909 bits per heavy atom. The second-order valence-corrected chi connectivity index (χ2v) is 5.51. The van der Waals surface area contributed by atoms with Crippen LogP contribution in [0.2, 0.25) is 0 Å². The van der Waals surface area contributed by atoms with Crippen LogP contribution in [0.1, 0.15) is 11.1 Å². The highest BCUT2D eigenvalue weighted by molar-refractivity contribution is 5.54. The highest BCUT2D eigenvalue weighted by atomic mass is 16.7. The predicted molar refractivity (Wildman–Crippen MR) is 75.4 cm³/mol. The number of hydrogen-bond acceptors (Lipinski definition) is 6. The maximum Gasteiger partial charge on any atom is 0.231 e. The summed E-state index contributed by atoms with van der Waals surface area (Å²) in [4.78, 5) is 0. The van der Waals surface area contributed by atoms with Gasteiger partial charge in [-0.3, -0.25) is 0 Å². The molecule has 0 fully saturated rings. The van der Waals surface area contributed by atoms with E-state index in [9.17, 15) is 15.3 Å². The summed E-state index contributed by atoms with van der Waals surface area (Å²) < 4.78 is 16.1. The van der Waals surface area contributed by atoms with Gasteiger partial charge in [-0.15, -0.1) is 0 Å². The van der Waals surface area contributed by atoms with Crippen LogP contribution in [0.15, 0.2) is 30.3 Å². The summed E-state index contributed by atoms with van der Waals surface area (Å²) in [6.45, 7) is 0.0614. The molecule has 0 amide bonds. The van der Waals surface area contributed by atoms with Gasteiger partial charge < -0.3 is 29.5 Å². The van der Waals surface area contributed by atoms with E-state index in [2.05, 4.69) is 0 Å². The third kappa shape index (κ3) is 1.92. The first kappa shape index (κ1) is 13.1. The van der Waals surface area contributed by atoms with Gasteiger partial charge in [0.05, 0.1) is 0 Å². The van der Waals surface area contributed by atoms with Crippen molar-refractivity contribution in [2.45, 2.75) is 12.0 Å². The van der Waals surface area contributed by atoms with Crippen molar-refractivity contribution in [1.82, 2.24) is 0 Å². The van der Waals surface area contributed by atoms with E-state index in [4.69, 9.17) is 14.2 Å². The van der Waals surface area contributed by atoms with Gasteiger partial charge in [-0.25, -0.2) is 0 Å². The second-order valence-electron chi connectivity index (χ2n) is 5.51. The number of benzene rings is 2. The van der Waals surface area contributed by atoms with Gasteiger partial charge in [0.25, 0.3) is 0 Å². The van der Waals surface area contributed by atoms with Gasteiger partial charge in [0.15, 0.2) is 11.5 Å². The Balaban J connectivity index is 1.75. The zero-order valence-electron chi connectivity index (χ0n) is 11.6. The molecule has 2 aromatic rings. The van der Waals surface area contributed by atoms with Gasteiger partial charge in [-0.05, 0) is 17.7 Å². The molecule has 2 aliphatic heterocycles. The molecule has 0 saturated carbocycles. The Morgan fingerprint density at radius 2 is 1.68 bits per heavy atom. The Bertz CT molecular complexity index is 757. The lowest BCUT2D eigenvalue weighted by atomic mass is 9.85. The molecule has 2 aliphatic rings. The average molecular weight is 302 g/mol. The molecule has 0 spiro atoms. The number of phenolic OH excluding ortho intramolecular Hbond substituents is 2. The van der Waals surface area contributed by atoms with Crippen LogP contribution in [0.3, 0.4) is 0 Å². The van der Waals surface area contributed by atoms with E-state index in [1.54, 1.807) is 12.1 Å². The molecule has 6 heteroatoms. The number of aromatic hydroxyl groups is 2. The Kier molecular flexibility index (Phi) is 2.65. The van der Waals surface area contributed by atoms with Crippen molar-refractivity contribution < 1.29 is 29.5 Å². The normalized spacial score (nSPS) is 22.0. The molecule has 4 rings (SSSR count). The van der Waals surface area contributed by atoms with E-state index in [1.165, 1.54) is 18.2 Å². The van der Waals surface area contributed by atoms with Gasteiger partial charge in [0.1, 0.15) is 29.5 Å². The van der Waals surface area contributed by atoms with Gasteiger partial charge >= 0.3 is 0 Å². The van der Waals surface area contributed by atoms with Crippen molar-refractivity contribution in [2.24, 2.45) is 0 Å². The van der Waals surface area contributed by atoms with Crippen LogP contribution < -0.4 is 14.2 Å². The summed E-state index contributed by atoms with van der Waals surface area (Å²) in [5.41, 5.74) is -0.297. The lowest BCUT2D eigenvalue weighted by Gasteiger charge is -2.34. The van der Waals surface area contributed by atoms with Crippen LogP contribution in [-0.2, 0) is 12.0 Å². The van der Waals surface area contributed by atoms with E-state index in [1.807, 2.05) is 0 Å². The molecule has 114 valence electrons. The van der Waals surface area contributed by atoms with E-state index < -0.39 is 5.60 Å². The first-order chi connectivity index (χ1) is 10.5. The number of ether oxygens (including phenoxy) is 3. The Labute approximate surface area is 126 Å². The van der Waals surface area contributed by atoms with Crippen LogP contribution in [-0.4, -0.2) is 28.7 Å². The first-order valence-corrected chi connectivity index (χ1v) is 6.85. The highest BCUT2D eigenvalue weighted by Gasteiger charge is 2.39. The number of phenols is 2. The number of rotatable bonds is 1. The molecule has 0 aromatic heterocycles. The maximum absolute atomic E-state index is 10.9. The van der Waals surface area contributed by atoms with Crippen LogP contribution >= 0.6 is 0 Å². The van der Waals surface area contributed by atoms with E-state index in [0.717, 1.165) is 5.56 Å². The van der Waals surface area contributed by atoms with Gasteiger partial charge in [-0.2, -0.15) is 0 Å². The summed E-state index contributed by atoms with van der Waals surface area (Å²) in [7, 11) is 0. The monoisotopic (exact) mass is 302 g/mol. The molecule has 0 saturated heterocycles. The molecule has 1 unspecified atom stereocenters. The lowest BCUT2D eigenvalue weighted by Crippen LogP contribution is -2.38. The minimum absolute atomic E-state index is 0.0311. The zero-order chi connectivity index (χ0) is 15.3. The third-order valence-corrected chi connectivity index (χ3v) is 3.99. The van der Waals surface area contributed by atoms with E-state index >= 15 is 0 Å². The van der Waals surface area contributed by atoms with E-state index in [-0.39, 0.29) is 31.3 Å². The minimum atomic E-state index is -1.38. The first-order valence-electron chi connectivity index (χ1n) is 6.85. The molecule has 0 bridgehead atoms. The smallest absolute Gasteiger partial charge is 0.231 e. The number of hydrogen-bond donors (Lipinski definition) is 3. The molecule has 2 heterocycles. The second kappa shape index (κ2) is 4.45. The van der Waals surface area contributed by atoms with Crippen LogP contribution in [0, 0.1) is 0 Å². The topological polar surface area (TPSA) is 88.4 Å². The largest absolute Gasteiger partial charge is 0.508 e. The van der Waals surface area contributed by atoms with Crippen molar-refractivity contribution in [3.63, 3.8) is 0 Å². The molecule has 0 radical (unpaired) electrons. The fourth-order valence-electron chi connectivity index (χ4n) is 2.86. The van der Waals surface area contributed by atoms with Crippen LogP contribution in [0.4, 0.5) is 0 Å². The van der Waals surface area contributed by atoms with Gasteiger partial charge in [0, 0.05) is 24.1 Å². The molecular formula is C16H14O6.